The zero-order valence-electron chi connectivity index (χ0n) is 22.4. The van der Waals surface area contributed by atoms with E-state index in [0.717, 1.165) is 36.9 Å². The Labute approximate surface area is 229 Å². The van der Waals surface area contributed by atoms with E-state index in [1.807, 2.05) is 30.3 Å². The monoisotopic (exact) mass is 533 g/mol. The van der Waals surface area contributed by atoms with Gasteiger partial charge in [0, 0.05) is 24.3 Å². The Morgan fingerprint density at radius 1 is 0.872 bits per heavy atom. The van der Waals surface area contributed by atoms with Gasteiger partial charge in [-0.2, -0.15) is 0 Å². The minimum Gasteiger partial charge on any atom is -0.383 e. The SMILES string of the molecule is C[C@H](C(=O)NC(CC1CCCCC1)C(=O)NCCNc1ccc(F)cc1)c1ccc(-c2ccccc2)c(F)c1. The van der Waals surface area contributed by atoms with E-state index in [0.29, 0.717) is 36.6 Å². The Kier molecular flexibility index (Phi) is 10.1. The number of hydrogen-bond acceptors (Lipinski definition) is 3. The molecule has 5 nitrogen and oxygen atoms in total. The van der Waals surface area contributed by atoms with E-state index in [2.05, 4.69) is 16.0 Å². The molecule has 39 heavy (non-hydrogen) atoms. The Hall–Kier alpha value is -3.74. The molecule has 0 heterocycles. The molecular formula is C32H37F2N3O2. The lowest BCUT2D eigenvalue weighted by Crippen LogP contribution is -2.49. The van der Waals surface area contributed by atoms with Crippen LogP contribution in [0, 0.1) is 17.6 Å². The second-order valence-corrected chi connectivity index (χ2v) is 10.4. The summed E-state index contributed by atoms with van der Waals surface area (Å²) in [6, 6.07) is 19.5. The van der Waals surface area contributed by atoms with E-state index in [4.69, 9.17) is 0 Å². The van der Waals surface area contributed by atoms with Crippen molar-refractivity contribution in [2.24, 2.45) is 5.92 Å². The number of nitrogens with one attached hydrogen (secondary N) is 3. The van der Waals surface area contributed by atoms with Crippen molar-refractivity contribution in [1.29, 1.82) is 0 Å². The number of carbonyl (C=O) groups is 2. The highest BCUT2D eigenvalue weighted by Crippen LogP contribution is 2.29. The Balaban J connectivity index is 1.37. The van der Waals surface area contributed by atoms with Crippen LogP contribution in [0.25, 0.3) is 11.1 Å². The molecule has 2 atom stereocenters. The van der Waals surface area contributed by atoms with Crippen molar-refractivity contribution in [3.8, 4) is 11.1 Å². The summed E-state index contributed by atoms with van der Waals surface area (Å²) >= 11 is 0. The first-order valence-corrected chi connectivity index (χ1v) is 13.8. The van der Waals surface area contributed by atoms with Gasteiger partial charge in [0.05, 0.1) is 5.92 Å². The standard InChI is InChI=1S/C32H37F2N3O2/c1-22(25-12-17-28(29(34)21-25)24-10-6-3-7-11-24)31(38)37-30(20-23-8-4-2-5-9-23)32(39)36-19-18-35-27-15-13-26(33)14-16-27/h3,6-7,10-17,21-23,30,35H,2,4-5,8-9,18-20H2,1H3,(H,36,39)(H,37,38)/t22-,30?/m0/s1. The van der Waals surface area contributed by atoms with Crippen LogP contribution >= 0.6 is 0 Å². The highest BCUT2D eigenvalue weighted by atomic mass is 19.1. The summed E-state index contributed by atoms with van der Waals surface area (Å²) in [7, 11) is 0. The van der Waals surface area contributed by atoms with Crippen molar-refractivity contribution < 1.29 is 18.4 Å². The molecule has 0 spiro atoms. The second kappa shape index (κ2) is 13.9. The number of rotatable bonds is 11. The third-order valence-electron chi connectivity index (χ3n) is 7.50. The molecule has 3 aromatic carbocycles. The molecule has 0 aliphatic heterocycles. The zero-order valence-corrected chi connectivity index (χ0v) is 22.4. The Morgan fingerprint density at radius 2 is 1.59 bits per heavy atom. The topological polar surface area (TPSA) is 70.2 Å². The van der Waals surface area contributed by atoms with Gasteiger partial charge in [-0.1, -0.05) is 74.6 Å². The largest absolute Gasteiger partial charge is 0.383 e. The molecule has 0 saturated heterocycles. The summed E-state index contributed by atoms with van der Waals surface area (Å²) in [5.74, 6) is -1.46. The number of halogens is 2. The number of carbonyl (C=O) groups excluding carboxylic acids is 2. The molecule has 0 aromatic heterocycles. The van der Waals surface area contributed by atoms with Crippen LogP contribution in [0.15, 0.2) is 72.8 Å². The number of amides is 2. The predicted molar refractivity (Wildman–Crippen MR) is 151 cm³/mol. The van der Waals surface area contributed by atoms with Gasteiger partial charge in [-0.25, -0.2) is 8.78 Å². The van der Waals surface area contributed by atoms with Crippen LogP contribution in [-0.2, 0) is 9.59 Å². The number of anilines is 1. The van der Waals surface area contributed by atoms with Gasteiger partial charge in [-0.15, -0.1) is 0 Å². The van der Waals surface area contributed by atoms with Crippen molar-refractivity contribution in [2.45, 2.75) is 57.4 Å². The summed E-state index contributed by atoms with van der Waals surface area (Å²) in [5.41, 5.74) is 2.58. The molecule has 4 rings (SSSR count). The first-order valence-electron chi connectivity index (χ1n) is 13.8. The van der Waals surface area contributed by atoms with Crippen LogP contribution in [-0.4, -0.2) is 30.9 Å². The average molecular weight is 534 g/mol. The molecule has 0 bridgehead atoms. The summed E-state index contributed by atoms with van der Waals surface area (Å²) in [4.78, 5) is 26.4. The summed E-state index contributed by atoms with van der Waals surface area (Å²) in [6.45, 7) is 2.55. The fourth-order valence-electron chi connectivity index (χ4n) is 5.17. The smallest absolute Gasteiger partial charge is 0.242 e. The van der Waals surface area contributed by atoms with E-state index in [1.165, 1.54) is 24.6 Å². The maximum atomic E-state index is 15.0. The molecule has 7 heteroatoms. The molecule has 206 valence electrons. The molecular weight excluding hydrogens is 496 g/mol. The minimum absolute atomic E-state index is 0.229. The number of hydrogen-bond donors (Lipinski definition) is 3. The van der Waals surface area contributed by atoms with Crippen LogP contribution in [0.4, 0.5) is 14.5 Å². The van der Waals surface area contributed by atoms with Gasteiger partial charge in [0.25, 0.3) is 0 Å². The van der Waals surface area contributed by atoms with Gasteiger partial charge < -0.3 is 16.0 Å². The van der Waals surface area contributed by atoms with Crippen molar-refractivity contribution in [2.75, 3.05) is 18.4 Å². The summed E-state index contributed by atoms with van der Waals surface area (Å²) < 4.78 is 28.1. The van der Waals surface area contributed by atoms with E-state index in [-0.39, 0.29) is 23.4 Å². The van der Waals surface area contributed by atoms with Crippen LogP contribution in [0.1, 0.15) is 56.9 Å². The minimum atomic E-state index is -0.665. The molecule has 1 unspecified atom stereocenters. The van der Waals surface area contributed by atoms with Gasteiger partial charge in [0.15, 0.2) is 0 Å². The van der Waals surface area contributed by atoms with Crippen LogP contribution in [0.2, 0.25) is 0 Å². The average Bonchev–Trinajstić information content (AvgIpc) is 2.96. The van der Waals surface area contributed by atoms with Crippen molar-refractivity contribution in [3.63, 3.8) is 0 Å². The highest BCUT2D eigenvalue weighted by Gasteiger charge is 2.28. The van der Waals surface area contributed by atoms with Gasteiger partial charge in [-0.3, -0.25) is 9.59 Å². The molecule has 3 N–H and O–H groups in total. The van der Waals surface area contributed by atoms with Gasteiger partial charge in [0.1, 0.15) is 17.7 Å². The first-order chi connectivity index (χ1) is 18.9. The maximum absolute atomic E-state index is 15.0. The fourth-order valence-corrected chi connectivity index (χ4v) is 5.17. The first kappa shape index (κ1) is 28.3. The lowest BCUT2D eigenvalue weighted by Gasteiger charge is -2.27. The van der Waals surface area contributed by atoms with Crippen LogP contribution < -0.4 is 16.0 Å². The molecule has 0 radical (unpaired) electrons. The second-order valence-electron chi connectivity index (χ2n) is 10.4. The lowest BCUT2D eigenvalue weighted by molar-refractivity contribution is -0.130. The van der Waals surface area contributed by atoms with Gasteiger partial charge in [-0.05, 0) is 60.7 Å². The Morgan fingerprint density at radius 3 is 2.28 bits per heavy atom. The van der Waals surface area contributed by atoms with Gasteiger partial charge >= 0.3 is 0 Å². The van der Waals surface area contributed by atoms with Crippen molar-refractivity contribution >= 4 is 17.5 Å². The third kappa shape index (κ3) is 8.12. The third-order valence-corrected chi connectivity index (χ3v) is 7.50. The Bertz CT molecular complexity index is 1230. The van der Waals surface area contributed by atoms with E-state index >= 15 is 0 Å². The molecule has 1 aliphatic carbocycles. The zero-order chi connectivity index (χ0) is 27.6. The molecule has 3 aromatic rings. The lowest BCUT2D eigenvalue weighted by atomic mass is 9.84. The van der Waals surface area contributed by atoms with Gasteiger partial charge in [0.2, 0.25) is 11.8 Å². The molecule has 2 amide bonds. The fraction of sp³-hybridized carbons (Fsp3) is 0.375. The number of benzene rings is 3. The van der Waals surface area contributed by atoms with Crippen LogP contribution in [0.5, 0.6) is 0 Å². The summed E-state index contributed by atoms with van der Waals surface area (Å²) in [5, 5.41) is 9.03. The normalized spacial score (nSPS) is 15.3. The summed E-state index contributed by atoms with van der Waals surface area (Å²) in [6.07, 6.45) is 6.16. The molecule has 1 fully saturated rings. The predicted octanol–water partition coefficient (Wildman–Crippen LogP) is 6.42. The van der Waals surface area contributed by atoms with E-state index in [1.54, 1.807) is 31.2 Å². The van der Waals surface area contributed by atoms with E-state index in [9.17, 15) is 18.4 Å². The maximum Gasteiger partial charge on any atom is 0.242 e. The van der Waals surface area contributed by atoms with Crippen LogP contribution in [0.3, 0.4) is 0 Å². The molecule has 1 saturated carbocycles. The van der Waals surface area contributed by atoms with Crippen molar-refractivity contribution in [3.05, 3.63) is 90.0 Å². The highest BCUT2D eigenvalue weighted by molar-refractivity contribution is 5.90. The van der Waals surface area contributed by atoms with Crippen molar-refractivity contribution in [1.82, 2.24) is 10.6 Å². The quantitative estimate of drug-likeness (QED) is 0.249. The van der Waals surface area contributed by atoms with E-state index < -0.39 is 12.0 Å². The molecule has 1 aliphatic rings.